The van der Waals surface area contributed by atoms with Crippen LogP contribution in [0.2, 0.25) is 5.02 Å². The molecule has 1 saturated heterocycles. The third-order valence-corrected chi connectivity index (χ3v) is 5.72. The lowest BCUT2D eigenvalue weighted by Crippen LogP contribution is -2.30. The fraction of sp³-hybridized carbons (Fsp3) is 0.333. The van der Waals surface area contributed by atoms with E-state index in [0.29, 0.717) is 23.2 Å². The average molecular weight is 376 g/mol. The van der Waals surface area contributed by atoms with Gasteiger partial charge in [-0.15, -0.1) is 11.3 Å². The molecule has 0 aliphatic carbocycles. The topological polar surface area (TPSA) is 46.8 Å². The molecule has 0 spiro atoms. The van der Waals surface area contributed by atoms with Crippen molar-refractivity contribution in [2.45, 2.75) is 6.42 Å². The minimum atomic E-state index is 0.0490. The highest BCUT2D eigenvalue weighted by Crippen LogP contribution is 2.29. The third-order valence-electron chi connectivity index (χ3n) is 4.55. The highest BCUT2D eigenvalue weighted by molar-refractivity contribution is 7.15. The van der Waals surface area contributed by atoms with E-state index in [1.165, 1.54) is 11.3 Å². The number of hydrogen-bond donors (Lipinski definition) is 0. The van der Waals surface area contributed by atoms with E-state index in [1.54, 1.807) is 7.11 Å². The van der Waals surface area contributed by atoms with E-state index in [1.807, 2.05) is 45.1 Å². The first kappa shape index (κ1) is 16.6. The van der Waals surface area contributed by atoms with Crippen molar-refractivity contribution in [2.24, 2.45) is 5.92 Å². The molecule has 1 amide bonds. The van der Waals surface area contributed by atoms with Crippen molar-refractivity contribution < 1.29 is 9.53 Å². The van der Waals surface area contributed by atoms with Crippen LogP contribution < -0.4 is 0 Å². The second-order valence-electron chi connectivity index (χ2n) is 6.24. The number of carbonyl (C=O) groups excluding carboxylic acids is 1. The van der Waals surface area contributed by atoms with Gasteiger partial charge in [0.2, 0.25) is 0 Å². The predicted octanol–water partition coefficient (Wildman–Crippen LogP) is 3.82. The average Bonchev–Trinajstić information content (AvgIpc) is 3.30. The van der Waals surface area contributed by atoms with Crippen LogP contribution in [0.5, 0.6) is 0 Å². The molecule has 1 aromatic carbocycles. The van der Waals surface area contributed by atoms with Gasteiger partial charge in [0.25, 0.3) is 5.91 Å². The van der Waals surface area contributed by atoms with Crippen LogP contribution in [0.1, 0.15) is 16.9 Å². The Morgan fingerprint density at radius 2 is 2.28 bits per heavy atom. The van der Waals surface area contributed by atoms with Gasteiger partial charge in [-0.1, -0.05) is 29.8 Å². The van der Waals surface area contributed by atoms with Crippen molar-refractivity contribution in [2.75, 3.05) is 26.8 Å². The Morgan fingerprint density at radius 3 is 3.08 bits per heavy atom. The zero-order valence-corrected chi connectivity index (χ0v) is 15.4. The number of thiazole rings is 1. The molecule has 0 N–H and O–H groups in total. The van der Waals surface area contributed by atoms with E-state index in [9.17, 15) is 4.79 Å². The molecule has 0 radical (unpaired) electrons. The quantitative estimate of drug-likeness (QED) is 0.696. The summed E-state index contributed by atoms with van der Waals surface area (Å²) >= 11 is 7.74. The summed E-state index contributed by atoms with van der Waals surface area (Å²) in [6, 6.07) is 7.60. The summed E-state index contributed by atoms with van der Waals surface area (Å²) in [6.07, 6.45) is 2.88. The van der Waals surface area contributed by atoms with E-state index in [-0.39, 0.29) is 5.91 Å². The Hall–Kier alpha value is -1.89. The molecular weight excluding hydrogens is 358 g/mol. The molecule has 0 bridgehead atoms. The van der Waals surface area contributed by atoms with Crippen LogP contribution in [-0.2, 0) is 4.74 Å². The summed E-state index contributed by atoms with van der Waals surface area (Å²) in [6.45, 7) is 2.22. The fourth-order valence-corrected chi connectivity index (χ4v) is 4.37. The Bertz CT molecular complexity index is 920. The Morgan fingerprint density at radius 1 is 1.44 bits per heavy atom. The van der Waals surface area contributed by atoms with E-state index in [2.05, 4.69) is 4.98 Å². The molecule has 1 aliphatic heterocycles. The summed E-state index contributed by atoms with van der Waals surface area (Å²) in [7, 11) is 1.70. The molecule has 3 heterocycles. The van der Waals surface area contributed by atoms with Gasteiger partial charge in [-0.25, -0.2) is 4.98 Å². The molecule has 1 atom stereocenters. The van der Waals surface area contributed by atoms with Crippen LogP contribution in [0.4, 0.5) is 0 Å². The van der Waals surface area contributed by atoms with Crippen molar-refractivity contribution in [1.29, 1.82) is 0 Å². The van der Waals surface area contributed by atoms with Gasteiger partial charge in [-0.05, 0) is 12.5 Å². The van der Waals surface area contributed by atoms with Crippen molar-refractivity contribution in [1.82, 2.24) is 14.3 Å². The number of ether oxygens (including phenoxy) is 1. The van der Waals surface area contributed by atoms with E-state index in [0.717, 1.165) is 35.7 Å². The SMILES string of the molecule is COC[C@@H]1CCN(C(=O)c2csc3nc(-c4ccccc4Cl)cn23)C1. The number of halogens is 1. The second-order valence-corrected chi connectivity index (χ2v) is 7.48. The van der Waals surface area contributed by atoms with Gasteiger partial charge in [0.1, 0.15) is 5.69 Å². The minimum Gasteiger partial charge on any atom is -0.384 e. The number of aromatic nitrogens is 2. The van der Waals surface area contributed by atoms with Crippen LogP contribution in [0.3, 0.4) is 0 Å². The van der Waals surface area contributed by atoms with Gasteiger partial charge < -0.3 is 9.64 Å². The van der Waals surface area contributed by atoms with Gasteiger partial charge in [-0.2, -0.15) is 0 Å². The maximum absolute atomic E-state index is 12.9. The van der Waals surface area contributed by atoms with E-state index < -0.39 is 0 Å². The van der Waals surface area contributed by atoms with E-state index >= 15 is 0 Å². The molecule has 0 unspecified atom stereocenters. The predicted molar refractivity (Wildman–Crippen MR) is 99.4 cm³/mol. The maximum atomic E-state index is 12.9. The number of likely N-dealkylation sites (tertiary alicyclic amines) is 1. The summed E-state index contributed by atoms with van der Waals surface area (Å²) in [5.74, 6) is 0.470. The molecule has 1 fully saturated rings. The summed E-state index contributed by atoms with van der Waals surface area (Å²) in [5, 5.41) is 2.54. The number of rotatable bonds is 4. The molecule has 0 saturated carbocycles. The summed E-state index contributed by atoms with van der Waals surface area (Å²) < 4.78 is 7.09. The van der Waals surface area contributed by atoms with Gasteiger partial charge in [0.05, 0.1) is 17.3 Å². The molecule has 5 nitrogen and oxygen atoms in total. The minimum absolute atomic E-state index is 0.0490. The van der Waals surface area contributed by atoms with Crippen LogP contribution in [0, 0.1) is 5.92 Å². The lowest BCUT2D eigenvalue weighted by molar-refractivity contribution is 0.0769. The van der Waals surface area contributed by atoms with Crippen LogP contribution >= 0.6 is 22.9 Å². The van der Waals surface area contributed by atoms with Crippen molar-refractivity contribution in [3.05, 3.63) is 46.6 Å². The first-order valence-corrected chi connectivity index (χ1v) is 9.43. The Labute approximate surface area is 154 Å². The number of carbonyl (C=O) groups is 1. The summed E-state index contributed by atoms with van der Waals surface area (Å²) in [5.41, 5.74) is 2.31. The molecule has 3 aromatic rings. The zero-order valence-electron chi connectivity index (χ0n) is 13.8. The van der Waals surface area contributed by atoms with Gasteiger partial charge in [-0.3, -0.25) is 9.20 Å². The number of amides is 1. The third kappa shape index (κ3) is 3.05. The van der Waals surface area contributed by atoms with Crippen molar-refractivity contribution in [3.8, 4) is 11.3 Å². The Kier molecular flexibility index (Phi) is 4.50. The molecule has 2 aromatic heterocycles. The lowest BCUT2D eigenvalue weighted by atomic mass is 10.1. The van der Waals surface area contributed by atoms with Gasteiger partial charge in [0, 0.05) is 43.3 Å². The lowest BCUT2D eigenvalue weighted by Gasteiger charge is -2.15. The fourth-order valence-electron chi connectivity index (χ4n) is 3.29. The molecule has 130 valence electrons. The molecule has 4 rings (SSSR count). The standard InChI is InChI=1S/C18H18ClN3O2S/c1-24-10-12-6-7-21(8-12)17(23)16-11-25-18-20-15(9-22(16)18)13-4-2-3-5-14(13)19/h2-5,9,11-12H,6-8,10H2,1H3/t12-/m1/s1. The normalized spacial score (nSPS) is 17.5. The molecular formula is C18H18ClN3O2S. The van der Waals surface area contributed by atoms with Crippen LogP contribution in [0.15, 0.2) is 35.8 Å². The number of methoxy groups -OCH3 is 1. The van der Waals surface area contributed by atoms with E-state index in [4.69, 9.17) is 16.3 Å². The maximum Gasteiger partial charge on any atom is 0.271 e. The zero-order chi connectivity index (χ0) is 17.4. The molecule has 1 aliphatic rings. The smallest absolute Gasteiger partial charge is 0.271 e. The number of nitrogens with zero attached hydrogens (tertiary/aromatic N) is 3. The van der Waals surface area contributed by atoms with Crippen molar-refractivity contribution >= 4 is 33.8 Å². The molecule has 25 heavy (non-hydrogen) atoms. The monoisotopic (exact) mass is 375 g/mol. The van der Waals surface area contributed by atoms with Crippen LogP contribution in [0.25, 0.3) is 16.2 Å². The van der Waals surface area contributed by atoms with Gasteiger partial charge in [0.15, 0.2) is 4.96 Å². The second kappa shape index (κ2) is 6.78. The number of hydrogen-bond acceptors (Lipinski definition) is 4. The number of fused-ring (bicyclic) bond motifs is 1. The van der Waals surface area contributed by atoms with Gasteiger partial charge >= 0.3 is 0 Å². The Balaban J connectivity index is 1.63. The highest BCUT2D eigenvalue weighted by Gasteiger charge is 2.28. The summed E-state index contributed by atoms with van der Waals surface area (Å²) in [4.78, 5) is 20.2. The van der Waals surface area contributed by atoms with Crippen molar-refractivity contribution in [3.63, 3.8) is 0 Å². The first-order valence-electron chi connectivity index (χ1n) is 8.17. The highest BCUT2D eigenvalue weighted by atomic mass is 35.5. The van der Waals surface area contributed by atoms with Crippen LogP contribution in [-0.4, -0.2) is 47.0 Å². The number of imidazole rings is 1. The number of benzene rings is 1. The molecule has 7 heteroatoms. The largest absolute Gasteiger partial charge is 0.384 e. The first-order chi connectivity index (χ1) is 12.2.